The predicted octanol–water partition coefficient (Wildman–Crippen LogP) is 2.14. The first-order chi connectivity index (χ1) is 5.83. The van der Waals surface area contributed by atoms with E-state index in [-0.39, 0.29) is 0 Å². The molecule has 3 heteroatoms. The zero-order valence-electron chi connectivity index (χ0n) is 7.01. The number of hydrogen-bond donors (Lipinski definition) is 1. The first kappa shape index (κ1) is 9.71. The molecular formula is C9H12BrNO. The summed E-state index contributed by atoms with van der Waals surface area (Å²) in [6.45, 7) is 0.706. The molecule has 0 spiro atoms. The van der Waals surface area contributed by atoms with Crippen molar-refractivity contribution in [2.75, 3.05) is 13.7 Å². The first-order valence-electron chi connectivity index (χ1n) is 3.86. The highest BCUT2D eigenvalue weighted by Crippen LogP contribution is 2.10. The zero-order valence-corrected chi connectivity index (χ0v) is 8.60. The van der Waals surface area contributed by atoms with Gasteiger partial charge in [-0.05, 0) is 24.1 Å². The van der Waals surface area contributed by atoms with Gasteiger partial charge in [-0.15, -0.1) is 0 Å². The fraction of sp³-hybridized carbons (Fsp3) is 0.333. The first-order valence-corrected chi connectivity index (χ1v) is 4.65. The van der Waals surface area contributed by atoms with Crippen molar-refractivity contribution in [3.05, 3.63) is 34.3 Å². The summed E-state index contributed by atoms with van der Waals surface area (Å²) in [5.74, 6) is 0. The lowest BCUT2D eigenvalue weighted by Gasteiger charge is -2.01. The van der Waals surface area contributed by atoms with E-state index in [9.17, 15) is 0 Å². The molecule has 0 aliphatic rings. The maximum absolute atomic E-state index is 5.01. The molecule has 0 radical (unpaired) electrons. The van der Waals surface area contributed by atoms with Crippen LogP contribution in [0.25, 0.3) is 0 Å². The van der Waals surface area contributed by atoms with E-state index in [4.69, 9.17) is 4.84 Å². The van der Waals surface area contributed by atoms with E-state index in [1.807, 2.05) is 12.1 Å². The average Bonchev–Trinajstić information content (AvgIpc) is 2.09. The Labute approximate surface area is 81.0 Å². The van der Waals surface area contributed by atoms with Crippen LogP contribution in [0.2, 0.25) is 0 Å². The Morgan fingerprint density at radius 3 is 2.58 bits per heavy atom. The summed E-state index contributed by atoms with van der Waals surface area (Å²) >= 11 is 3.38. The van der Waals surface area contributed by atoms with Crippen molar-refractivity contribution < 1.29 is 4.84 Å². The minimum absolute atomic E-state index is 0.706. The molecule has 1 N–H and O–H groups in total. The standard InChI is InChI=1S/C9H12BrNO/c1-11-12-7-6-8-2-4-9(10)5-3-8/h2-5,11H,6-7H2,1H3. The van der Waals surface area contributed by atoms with Crippen LogP contribution in [0.15, 0.2) is 28.7 Å². The molecule has 0 aliphatic heterocycles. The van der Waals surface area contributed by atoms with E-state index >= 15 is 0 Å². The molecule has 0 atom stereocenters. The normalized spacial score (nSPS) is 10.2. The molecule has 0 saturated heterocycles. The van der Waals surface area contributed by atoms with Crippen LogP contribution in [0.4, 0.5) is 0 Å². The Kier molecular flexibility index (Phi) is 4.29. The number of hydrogen-bond acceptors (Lipinski definition) is 2. The van der Waals surface area contributed by atoms with E-state index in [1.165, 1.54) is 5.56 Å². The fourth-order valence-electron chi connectivity index (χ4n) is 0.922. The maximum Gasteiger partial charge on any atom is 0.0722 e. The topological polar surface area (TPSA) is 21.3 Å². The molecular weight excluding hydrogens is 218 g/mol. The second kappa shape index (κ2) is 5.30. The van der Waals surface area contributed by atoms with Gasteiger partial charge in [-0.1, -0.05) is 28.1 Å². The minimum Gasteiger partial charge on any atom is -0.302 e. The van der Waals surface area contributed by atoms with Crippen molar-refractivity contribution in [1.29, 1.82) is 0 Å². The third-order valence-corrected chi connectivity index (χ3v) is 2.08. The molecule has 0 fully saturated rings. The molecule has 0 amide bonds. The second-order valence-electron chi connectivity index (χ2n) is 2.43. The van der Waals surface area contributed by atoms with Gasteiger partial charge in [0.2, 0.25) is 0 Å². The highest BCUT2D eigenvalue weighted by Gasteiger charge is 1.92. The van der Waals surface area contributed by atoms with Gasteiger partial charge in [-0.25, -0.2) is 5.48 Å². The third-order valence-electron chi connectivity index (χ3n) is 1.55. The monoisotopic (exact) mass is 229 g/mol. The Balaban J connectivity index is 2.37. The molecule has 0 aromatic heterocycles. The molecule has 66 valence electrons. The van der Waals surface area contributed by atoms with Gasteiger partial charge in [0.15, 0.2) is 0 Å². The van der Waals surface area contributed by atoms with E-state index in [0.717, 1.165) is 10.9 Å². The molecule has 0 bridgehead atoms. The molecule has 1 aromatic rings. The van der Waals surface area contributed by atoms with Crippen LogP contribution in [0.5, 0.6) is 0 Å². The summed E-state index contributed by atoms with van der Waals surface area (Å²) in [4.78, 5) is 5.01. The summed E-state index contributed by atoms with van der Waals surface area (Å²) < 4.78 is 1.11. The molecule has 1 rings (SSSR count). The number of nitrogens with one attached hydrogen (secondary N) is 1. The summed E-state index contributed by atoms with van der Waals surface area (Å²) in [6, 6.07) is 8.25. The smallest absolute Gasteiger partial charge is 0.0722 e. The maximum atomic E-state index is 5.01. The van der Waals surface area contributed by atoms with Gasteiger partial charge in [0.25, 0.3) is 0 Å². The Morgan fingerprint density at radius 2 is 2.00 bits per heavy atom. The number of halogens is 1. The lowest BCUT2D eigenvalue weighted by Crippen LogP contribution is -2.09. The van der Waals surface area contributed by atoms with E-state index in [1.54, 1.807) is 7.05 Å². The summed E-state index contributed by atoms with van der Waals surface area (Å²) in [5, 5.41) is 0. The lowest BCUT2D eigenvalue weighted by molar-refractivity contribution is 0.0604. The van der Waals surface area contributed by atoms with Crippen LogP contribution >= 0.6 is 15.9 Å². The lowest BCUT2D eigenvalue weighted by atomic mass is 10.2. The van der Waals surface area contributed by atoms with Crippen molar-refractivity contribution in [3.8, 4) is 0 Å². The third kappa shape index (κ3) is 3.34. The van der Waals surface area contributed by atoms with Crippen LogP contribution < -0.4 is 5.48 Å². The van der Waals surface area contributed by atoms with Crippen molar-refractivity contribution in [2.24, 2.45) is 0 Å². The van der Waals surface area contributed by atoms with Crippen molar-refractivity contribution in [3.63, 3.8) is 0 Å². The largest absolute Gasteiger partial charge is 0.302 e. The molecule has 12 heavy (non-hydrogen) atoms. The summed E-state index contributed by atoms with van der Waals surface area (Å²) in [5.41, 5.74) is 3.93. The van der Waals surface area contributed by atoms with Crippen LogP contribution in [0, 0.1) is 0 Å². The highest BCUT2D eigenvalue weighted by molar-refractivity contribution is 9.10. The van der Waals surface area contributed by atoms with Gasteiger partial charge < -0.3 is 4.84 Å². The molecule has 0 heterocycles. The second-order valence-corrected chi connectivity index (χ2v) is 3.34. The van der Waals surface area contributed by atoms with Crippen molar-refractivity contribution in [2.45, 2.75) is 6.42 Å². The van der Waals surface area contributed by atoms with E-state index in [2.05, 4.69) is 33.5 Å². The minimum atomic E-state index is 0.706. The summed E-state index contributed by atoms with van der Waals surface area (Å²) in [6.07, 6.45) is 0.939. The van der Waals surface area contributed by atoms with Crippen LogP contribution in [-0.4, -0.2) is 13.7 Å². The molecule has 0 aliphatic carbocycles. The van der Waals surface area contributed by atoms with E-state index < -0.39 is 0 Å². The quantitative estimate of drug-likeness (QED) is 0.632. The van der Waals surface area contributed by atoms with Gasteiger partial charge in [0.05, 0.1) is 6.61 Å². The molecule has 0 unspecified atom stereocenters. The number of benzene rings is 1. The Hall–Kier alpha value is -0.380. The van der Waals surface area contributed by atoms with Gasteiger partial charge in [0.1, 0.15) is 0 Å². The number of rotatable bonds is 4. The van der Waals surface area contributed by atoms with Gasteiger partial charge in [0, 0.05) is 11.5 Å². The Morgan fingerprint density at radius 1 is 1.33 bits per heavy atom. The SMILES string of the molecule is CNOCCc1ccc(Br)cc1. The summed E-state index contributed by atoms with van der Waals surface area (Å²) in [7, 11) is 1.77. The predicted molar refractivity (Wildman–Crippen MR) is 52.9 cm³/mol. The number of hydroxylamine groups is 1. The van der Waals surface area contributed by atoms with Crippen LogP contribution in [-0.2, 0) is 11.3 Å². The Bertz CT molecular complexity index is 222. The fourth-order valence-corrected chi connectivity index (χ4v) is 1.19. The highest BCUT2D eigenvalue weighted by atomic mass is 79.9. The van der Waals surface area contributed by atoms with Crippen LogP contribution in [0.3, 0.4) is 0 Å². The average molecular weight is 230 g/mol. The molecule has 1 aromatic carbocycles. The van der Waals surface area contributed by atoms with Crippen molar-refractivity contribution in [1.82, 2.24) is 5.48 Å². The molecule has 0 saturated carbocycles. The van der Waals surface area contributed by atoms with Gasteiger partial charge in [-0.3, -0.25) is 0 Å². The van der Waals surface area contributed by atoms with Crippen LogP contribution in [0.1, 0.15) is 5.56 Å². The zero-order chi connectivity index (χ0) is 8.81. The van der Waals surface area contributed by atoms with E-state index in [0.29, 0.717) is 6.61 Å². The van der Waals surface area contributed by atoms with Crippen molar-refractivity contribution >= 4 is 15.9 Å². The van der Waals surface area contributed by atoms with Gasteiger partial charge in [-0.2, -0.15) is 0 Å². The molecule has 2 nitrogen and oxygen atoms in total. The van der Waals surface area contributed by atoms with Gasteiger partial charge >= 0.3 is 0 Å².